The maximum absolute atomic E-state index is 11.7. The van der Waals surface area contributed by atoms with Crippen molar-refractivity contribution in [3.63, 3.8) is 0 Å². The third kappa shape index (κ3) is 4.09. The number of aromatic nitrogens is 1. The number of hydrogen-bond acceptors (Lipinski definition) is 2. The van der Waals surface area contributed by atoms with Gasteiger partial charge in [0, 0.05) is 30.1 Å². The number of para-hydroxylation sites is 1. The van der Waals surface area contributed by atoms with Crippen LogP contribution in [-0.4, -0.2) is 22.1 Å². The Balaban J connectivity index is 1.68. The van der Waals surface area contributed by atoms with E-state index in [9.17, 15) is 9.90 Å². The molecule has 4 nitrogen and oxygen atoms in total. The number of nitrogens with one attached hydrogen (secondary N) is 2. The number of carboxylic acid groups (broad SMARTS) is 1. The number of H-pyrrole nitrogens is 1. The SMILES string of the molecule is CC(C)c1ccc(CN[C@H](Cc2c[nH]c3ccccc23)C(=O)O)cc1. The molecule has 0 aliphatic carbocycles. The van der Waals surface area contributed by atoms with Crippen molar-refractivity contribution in [1.82, 2.24) is 10.3 Å². The van der Waals surface area contributed by atoms with Crippen LogP contribution in [0, 0.1) is 0 Å². The number of hydrogen-bond donors (Lipinski definition) is 3. The lowest BCUT2D eigenvalue weighted by atomic mass is 10.0. The number of carboxylic acids is 1. The Kier molecular flexibility index (Phi) is 5.19. The summed E-state index contributed by atoms with van der Waals surface area (Å²) in [5.74, 6) is -0.334. The van der Waals surface area contributed by atoms with E-state index in [1.165, 1.54) is 5.56 Å². The molecule has 3 N–H and O–H groups in total. The topological polar surface area (TPSA) is 65.1 Å². The van der Waals surface area contributed by atoms with Crippen LogP contribution in [0.4, 0.5) is 0 Å². The molecule has 3 rings (SSSR count). The molecule has 0 aliphatic heterocycles. The number of benzene rings is 2. The van der Waals surface area contributed by atoms with Gasteiger partial charge < -0.3 is 15.4 Å². The monoisotopic (exact) mass is 336 g/mol. The minimum absolute atomic E-state index is 0.448. The Morgan fingerprint density at radius 3 is 2.52 bits per heavy atom. The lowest BCUT2D eigenvalue weighted by molar-refractivity contribution is -0.139. The van der Waals surface area contributed by atoms with Crippen molar-refractivity contribution < 1.29 is 9.90 Å². The predicted molar refractivity (Wildman–Crippen MR) is 101 cm³/mol. The first-order valence-corrected chi connectivity index (χ1v) is 8.64. The summed E-state index contributed by atoms with van der Waals surface area (Å²) >= 11 is 0. The van der Waals surface area contributed by atoms with Gasteiger partial charge in [0.15, 0.2) is 0 Å². The summed E-state index contributed by atoms with van der Waals surface area (Å²) in [5.41, 5.74) is 4.43. The lowest BCUT2D eigenvalue weighted by Crippen LogP contribution is -2.38. The summed E-state index contributed by atoms with van der Waals surface area (Å²) in [4.78, 5) is 14.9. The zero-order valence-electron chi connectivity index (χ0n) is 14.6. The number of aromatic amines is 1. The molecule has 3 aromatic rings. The largest absolute Gasteiger partial charge is 0.480 e. The van der Waals surface area contributed by atoms with Gasteiger partial charge >= 0.3 is 5.97 Å². The van der Waals surface area contributed by atoms with E-state index in [4.69, 9.17) is 0 Å². The first-order valence-electron chi connectivity index (χ1n) is 8.64. The standard InChI is InChI=1S/C21H24N2O2/c1-14(2)16-9-7-15(8-10-16)12-22-20(21(24)25)11-17-13-23-19-6-4-3-5-18(17)19/h3-10,13-14,20,22-23H,11-12H2,1-2H3,(H,24,25)/t20-/m1/s1. The van der Waals surface area contributed by atoms with Gasteiger partial charge in [-0.3, -0.25) is 4.79 Å². The molecule has 1 heterocycles. The van der Waals surface area contributed by atoms with Gasteiger partial charge in [0.25, 0.3) is 0 Å². The molecule has 25 heavy (non-hydrogen) atoms. The Hall–Kier alpha value is -2.59. The molecule has 0 fully saturated rings. The van der Waals surface area contributed by atoms with Crippen LogP contribution < -0.4 is 5.32 Å². The van der Waals surface area contributed by atoms with Crippen molar-refractivity contribution in [3.05, 3.63) is 71.4 Å². The van der Waals surface area contributed by atoms with Crippen molar-refractivity contribution in [2.24, 2.45) is 0 Å². The molecule has 0 unspecified atom stereocenters. The average molecular weight is 336 g/mol. The van der Waals surface area contributed by atoms with Crippen LogP contribution in [0.3, 0.4) is 0 Å². The highest BCUT2D eigenvalue weighted by Gasteiger charge is 2.19. The second-order valence-electron chi connectivity index (χ2n) is 6.73. The maximum atomic E-state index is 11.7. The molecule has 0 radical (unpaired) electrons. The minimum Gasteiger partial charge on any atom is -0.480 e. The number of carbonyl (C=O) groups is 1. The minimum atomic E-state index is -0.830. The van der Waals surface area contributed by atoms with Crippen molar-refractivity contribution in [3.8, 4) is 0 Å². The van der Waals surface area contributed by atoms with E-state index in [1.807, 2.05) is 30.5 Å². The summed E-state index contributed by atoms with van der Waals surface area (Å²) in [6, 6.07) is 15.7. The number of rotatable bonds is 7. The summed E-state index contributed by atoms with van der Waals surface area (Å²) in [5, 5.41) is 13.8. The maximum Gasteiger partial charge on any atom is 0.321 e. The summed E-state index contributed by atoms with van der Waals surface area (Å²) in [7, 11) is 0. The third-order valence-electron chi connectivity index (χ3n) is 4.60. The van der Waals surface area contributed by atoms with Gasteiger partial charge in [0.1, 0.15) is 6.04 Å². The fraction of sp³-hybridized carbons (Fsp3) is 0.286. The molecular weight excluding hydrogens is 312 g/mol. The van der Waals surface area contributed by atoms with E-state index in [0.29, 0.717) is 18.9 Å². The number of fused-ring (bicyclic) bond motifs is 1. The zero-order chi connectivity index (χ0) is 17.8. The van der Waals surface area contributed by atoms with E-state index in [-0.39, 0.29) is 0 Å². The average Bonchev–Trinajstić information content (AvgIpc) is 3.01. The molecule has 4 heteroatoms. The molecule has 0 amide bonds. The molecule has 0 aliphatic rings. The summed E-state index contributed by atoms with van der Waals surface area (Å²) in [6.07, 6.45) is 2.35. The van der Waals surface area contributed by atoms with Crippen molar-refractivity contribution in [1.29, 1.82) is 0 Å². The number of aliphatic carboxylic acids is 1. The van der Waals surface area contributed by atoms with Gasteiger partial charge in [-0.05, 0) is 28.7 Å². The second-order valence-corrected chi connectivity index (χ2v) is 6.73. The molecular formula is C21H24N2O2. The Labute approximate surface area is 147 Å². The van der Waals surface area contributed by atoms with Crippen molar-refractivity contribution >= 4 is 16.9 Å². The fourth-order valence-corrected chi connectivity index (χ4v) is 3.03. The van der Waals surface area contributed by atoms with Crippen LogP contribution in [-0.2, 0) is 17.8 Å². The van der Waals surface area contributed by atoms with Crippen LogP contribution in [0.2, 0.25) is 0 Å². The molecule has 130 valence electrons. The Bertz CT molecular complexity index is 850. The van der Waals surface area contributed by atoms with E-state index in [2.05, 4.69) is 48.4 Å². The van der Waals surface area contributed by atoms with Crippen LogP contribution >= 0.6 is 0 Å². The summed E-state index contributed by atoms with van der Waals surface area (Å²) in [6.45, 7) is 4.86. The summed E-state index contributed by atoms with van der Waals surface area (Å²) < 4.78 is 0. The predicted octanol–water partition coefficient (Wildman–Crippen LogP) is 4.08. The van der Waals surface area contributed by atoms with Crippen molar-refractivity contribution in [2.75, 3.05) is 0 Å². The Morgan fingerprint density at radius 2 is 1.84 bits per heavy atom. The molecule has 0 saturated heterocycles. The van der Waals surface area contributed by atoms with E-state index >= 15 is 0 Å². The third-order valence-corrected chi connectivity index (χ3v) is 4.60. The lowest BCUT2D eigenvalue weighted by Gasteiger charge is -2.15. The van der Waals surface area contributed by atoms with Gasteiger partial charge in [-0.1, -0.05) is 56.3 Å². The first-order chi connectivity index (χ1) is 12.0. The normalized spacial score (nSPS) is 12.6. The molecule has 1 atom stereocenters. The van der Waals surface area contributed by atoms with Crippen LogP contribution in [0.15, 0.2) is 54.7 Å². The fourth-order valence-electron chi connectivity index (χ4n) is 3.03. The van der Waals surface area contributed by atoms with Crippen molar-refractivity contribution in [2.45, 2.75) is 38.8 Å². The highest BCUT2D eigenvalue weighted by molar-refractivity contribution is 5.84. The van der Waals surface area contributed by atoms with Gasteiger partial charge in [-0.2, -0.15) is 0 Å². The highest BCUT2D eigenvalue weighted by atomic mass is 16.4. The van der Waals surface area contributed by atoms with Gasteiger partial charge in [0.2, 0.25) is 0 Å². The molecule has 2 aromatic carbocycles. The molecule has 1 aromatic heterocycles. The van der Waals surface area contributed by atoms with E-state index in [0.717, 1.165) is 22.0 Å². The van der Waals surface area contributed by atoms with Crippen LogP contribution in [0.5, 0.6) is 0 Å². The smallest absolute Gasteiger partial charge is 0.321 e. The van der Waals surface area contributed by atoms with Gasteiger partial charge in [-0.25, -0.2) is 0 Å². The van der Waals surface area contributed by atoms with Crippen LogP contribution in [0.25, 0.3) is 10.9 Å². The molecule has 0 saturated carbocycles. The second kappa shape index (κ2) is 7.53. The molecule has 0 bridgehead atoms. The Morgan fingerprint density at radius 1 is 1.12 bits per heavy atom. The van der Waals surface area contributed by atoms with Gasteiger partial charge in [0.05, 0.1) is 0 Å². The van der Waals surface area contributed by atoms with Gasteiger partial charge in [-0.15, -0.1) is 0 Å². The van der Waals surface area contributed by atoms with E-state index in [1.54, 1.807) is 0 Å². The first kappa shape index (κ1) is 17.2. The highest BCUT2D eigenvalue weighted by Crippen LogP contribution is 2.19. The quantitative estimate of drug-likeness (QED) is 0.609. The molecule has 0 spiro atoms. The van der Waals surface area contributed by atoms with E-state index < -0.39 is 12.0 Å². The van der Waals surface area contributed by atoms with Crippen LogP contribution in [0.1, 0.15) is 36.5 Å². The zero-order valence-corrected chi connectivity index (χ0v) is 14.6.